The van der Waals surface area contributed by atoms with Gasteiger partial charge in [0.05, 0.1) is 66.5 Å². The first-order valence-electron chi connectivity index (χ1n) is 13.6. The van der Waals surface area contributed by atoms with Crippen LogP contribution in [0.15, 0.2) is 12.1 Å². The summed E-state index contributed by atoms with van der Waals surface area (Å²) in [6.07, 6.45) is 1.42. The van der Waals surface area contributed by atoms with Gasteiger partial charge in [0.1, 0.15) is 12.6 Å². The van der Waals surface area contributed by atoms with Crippen LogP contribution >= 0.6 is 0 Å². The summed E-state index contributed by atoms with van der Waals surface area (Å²) in [5.41, 5.74) is 1.73. The fourth-order valence-corrected chi connectivity index (χ4v) is 4.70. The molecule has 4 rings (SSSR count). The molecule has 2 aliphatic heterocycles. The van der Waals surface area contributed by atoms with E-state index in [2.05, 4.69) is 0 Å². The zero-order valence-corrected chi connectivity index (χ0v) is 23.8. The van der Waals surface area contributed by atoms with Crippen molar-refractivity contribution in [3.8, 4) is 23.0 Å². The fraction of sp³-hybridized carbons (Fsp3) is 0.448. The molecule has 0 aliphatic carbocycles. The number of fused-ring (bicyclic) bond motifs is 2. The average molecular weight is 607 g/mol. The summed E-state index contributed by atoms with van der Waals surface area (Å²) in [5, 5.41) is 2.60. The minimum atomic E-state index is -0.649. The number of rotatable bonds is 16. The van der Waals surface area contributed by atoms with Crippen LogP contribution in [0.5, 0.6) is 23.0 Å². The predicted octanol–water partition coefficient (Wildman–Crippen LogP) is 3.34. The Bertz CT molecular complexity index is 1270. The maximum Gasteiger partial charge on any atom is 0.325 e. The lowest BCUT2D eigenvalue weighted by atomic mass is 10.1. The van der Waals surface area contributed by atoms with Gasteiger partial charge in [0, 0.05) is 30.4 Å². The zero-order valence-electron chi connectivity index (χ0n) is 23.8. The van der Waals surface area contributed by atoms with Crippen LogP contribution in [0.3, 0.4) is 0 Å². The molecule has 0 bridgehead atoms. The third kappa shape index (κ3) is 7.56. The number of carbonyl (C=O) groups excluding carboxylic acids is 4. The van der Waals surface area contributed by atoms with Crippen LogP contribution in [0, 0.1) is 11.6 Å². The van der Waals surface area contributed by atoms with Crippen LogP contribution in [-0.2, 0) is 55.0 Å². The van der Waals surface area contributed by atoms with E-state index in [1.807, 2.05) is 0 Å². The minimum absolute atomic E-state index is 0.00420. The number of aldehydes is 2. The van der Waals surface area contributed by atoms with Gasteiger partial charge < -0.3 is 38.2 Å². The van der Waals surface area contributed by atoms with E-state index < -0.39 is 23.6 Å². The number of methoxy groups -OCH3 is 2. The molecule has 0 radical (unpaired) electrons. The van der Waals surface area contributed by atoms with Crippen LogP contribution in [-0.4, -0.2) is 62.1 Å². The van der Waals surface area contributed by atoms with Crippen molar-refractivity contribution in [1.29, 1.82) is 0 Å². The standard InChI is InChI=1S/C29H32F2N2O10/c1-38-22-12-18-14-32(42-24(36)6-3-8-34)16-20(18)26(30)28(22)40-10-5-11-41-29-23(39-2)13-19-15-33(17-21(19)27(29)31)43-25(37)7-4-9-35/h8-9,12-13H,3-7,10-11,14-17H2,1-2H3. The molecule has 0 unspecified atom stereocenters. The molecule has 0 amide bonds. The number of carbonyl (C=O) groups is 4. The second kappa shape index (κ2) is 14.7. The number of hydrogen-bond donors (Lipinski definition) is 0. The van der Waals surface area contributed by atoms with E-state index in [4.69, 9.17) is 28.6 Å². The summed E-state index contributed by atoms with van der Waals surface area (Å²) in [5.74, 6) is -2.38. The second-order valence-corrected chi connectivity index (χ2v) is 9.70. The normalized spacial score (nSPS) is 14.0. The highest BCUT2D eigenvalue weighted by Gasteiger charge is 2.31. The smallest absolute Gasteiger partial charge is 0.325 e. The van der Waals surface area contributed by atoms with E-state index in [-0.39, 0.29) is 94.5 Å². The van der Waals surface area contributed by atoms with Crippen LogP contribution in [0.4, 0.5) is 8.78 Å². The van der Waals surface area contributed by atoms with Crippen molar-refractivity contribution < 1.29 is 56.6 Å². The number of benzene rings is 2. The lowest BCUT2D eigenvalue weighted by Crippen LogP contribution is -2.21. The number of hydroxylamine groups is 4. The van der Waals surface area contributed by atoms with Crippen molar-refractivity contribution in [3.63, 3.8) is 0 Å². The maximum absolute atomic E-state index is 15.4. The number of hydrogen-bond acceptors (Lipinski definition) is 12. The molecule has 232 valence electrons. The molecular weight excluding hydrogens is 574 g/mol. The molecule has 2 aliphatic rings. The van der Waals surface area contributed by atoms with E-state index in [1.54, 1.807) is 12.1 Å². The zero-order chi connectivity index (χ0) is 30.9. The summed E-state index contributed by atoms with van der Waals surface area (Å²) in [6, 6.07) is 3.22. The molecule has 0 spiro atoms. The molecule has 2 aromatic carbocycles. The second-order valence-electron chi connectivity index (χ2n) is 9.70. The van der Waals surface area contributed by atoms with Crippen molar-refractivity contribution >= 4 is 24.5 Å². The van der Waals surface area contributed by atoms with Gasteiger partial charge in [0.15, 0.2) is 34.6 Å². The van der Waals surface area contributed by atoms with E-state index in [9.17, 15) is 19.2 Å². The van der Waals surface area contributed by atoms with Gasteiger partial charge in [-0.3, -0.25) is 9.59 Å². The van der Waals surface area contributed by atoms with Gasteiger partial charge in [-0.2, -0.15) is 0 Å². The van der Waals surface area contributed by atoms with Crippen molar-refractivity contribution in [2.75, 3.05) is 27.4 Å². The molecule has 0 saturated carbocycles. The van der Waals surface area contributed by atoms with Crippen LogP contribution in [0.25, 0.3) is 0 Å². The first kappa shape index (κ1) is 31.6. The van der Waals surface area contributed by atoms with Gasteiger partial charge in [0.25, 0.3) is 0 Å². The van der Waals surface area contributed by atoms with Gasteiger partial charge in [-0.15, -0.1) is 10.1 Å². The summed E-state index contributed by atoms with van der Waals surface area (Å²) >= 11 is 0. The van der Waals surface area contributed by atoms with Crippen molar-refractivity contribution in [3.05, 3.63) is 46.0 Å². The van der Waals surface area contributed by atoms with Crippen molar-refractivity contribution in [2.45, 2.75) is 58.3 Å². The Morgan fingerprint density at radius 1 is 0.744 bits per heavy atom. The molecule has 2 aromatic rings. The number of halogens is 2. The first-order valence-corrected chi connectivity index (χ1v) is 13.6. The lowest BCUT2D eigenvalue weighted by molar-refractivity contribution is -0.194. The maximum atomic E-state index is 15.4. The molecule has 0 atom stereocenters. The summed E-state index contributed by atoms with van der Waals surface area (Å²) in [4.78, 5) is 55.1. The minimum Gasteiger partial charge on any atom is -0.493 e. The highest BCUT2D eigenvalue weighted by molar-refractivity contribution is 5.72. The summed E-state index contributed by atoms with van der Waals surface area (Å²) in [6.45, 7) is 0.330. The first-order chi connectivity index (χ1) is 20.8. The van der Waals surface area contributed by atoms with E-state index in [0.717, 1.165) is 0 Å². The van der Waals surface area contributed by atoms with Gasteiger partial charge in [-0.1, -0.05) is 0 Å². The molecule has 43 heavy (non-hydrogen) atoms. The van der Waals surface area contributed by atoms with E-state index in [1.165, 1.54) is 24.3 Å². The predicted molar refractivity (Wildman–Crippen MR) is 143 cm³/mol. The molecule has 14 heteroatoms. The summed E-state index contributed by atoms with van der Waals surface area (Å²) < 4.78 is 52.8. The molecule has 2 heterocycles. The SMILES string of the molecule is COc1cc2c(c(F)c1OCCCOc1c(OC)cc3c(c1F)CN(OC(=O)CCC=O)C3)CN(OC(=O)CCC=O)C2. The van der Waals surface area contributed by atoms with E-state index in [0.29, 0.717) is 34.8 Å². The van der Waals surface area contributed by atoms with Crippen molar-refractivity contribution in [2.24, 2.45) is 0 Å². The molecule has 12 nitrogen and oxygen atoms in total. The Kier molecular flexibility index (Phi) is 10.8. The number of nitrogens with zero attached hydrogens (tertiary/aromatic N) is 2. The largest absolute Gasteiger partial charge is 0.493 e. The Hall–Kier alpha value is -4.30. The Labute approximate surface area is 246 Å². The average Bonchev–Trinajstić information content (AvgIpc) is 3.59. The molecule has 0 aromatic heterocycles. The lowest BCUT2D eigenvalue weighted by Gasteiger charge is -2.16. The fourth-order valence-electron chi connectivity index (χ4n) is 4.70. The van der Waals surface area contributed by atoms with Gasteiger partial charge in [-0.25, -0.2) is 8.78 Å². The van der Waals surface area contributed by atoms with Crippen LogP contribution in [0.2, 0.25) is 0 Å². The number of ether oxygens (including phenoxy) is 4. The molecule has 0 fully saturated rings. The van der Waals surface area contributed by atoms with Crippen molar-refractivity contribution in [1.82, 2.24) is 10.1 Å². The molecular formula is C29H32F2N2O10. The third-order valence-electron chi connectivity index (χ3n) is 6.74. The van der Waals surface area contributed by atoms with Crippen LogP contribution < -0.4 is 18.9 Å². The van der Waals surface area contributed by atoms with E-state index >= 15 is 8.78 Å². The third-order valence-corrected chi connectivity index (χ3v) is 6.74. The summed E-state index contributed by atoms with van der Waals surface area (Å²) in [7, 11) is 2.75. The van der Waals surface area contributed by atoms with Gasteiger partial charge in [-0.05, 0) is 23.3 Å². The molecule has 0 saturated heterocycles. The Morgan fingerprint density at radius 2 is 1.16 bits per heavy atom. The van der Waals surface area contributed by atoms with Gasteiger partial charge in [0.2, 0.25) is 0 Å². The quantitative estimate of drug-likeness (QED) is 0.205. The Morgan fingerprint density at radius 3 is 1.53 bits per heavy atom. The topological polar surface area (TPSA) is 130 Å². The highest BCUT2D eigenvalue weighted by atomic mass is 19.1. The monoisotopic (exact) mass is 606 g/mol. The Balaban J connectivity index is 1.33. The molecule has 0 N–H and O–H groups in total. The highest BCUT2D eigenvalue weighted by Crippen LogP contribution is 2.40. The van der Waals surface area contributed by atoms with Crippen LogP contribution in [0.1, 0.15) is 54.4 Å². The van der Waals surface area contributed by atoms with Gasteiger partial charge >= 0.3 is 11.9 Å².